The van der Waals surface area contributed by atoms with Crippen LogP contribution in [0.1, 0.15) is 32.3 Å². The second-order valence-electron chi connectivity index (χ2n) is 5.26. The monoisotopic (exact) mass is 267 g/mol. The highest BCUT2D eigenvalue weighted by Gasteiger charge is 2.19. The lowest BCUT2D eigenvalue weighted by Gasteiger charge is -2.17. The van der Waals surface area contributed by atoms with Gasteiger partial charge in [-0.05, 0) is 51.3 Å². The molecule has 0 bridgehead atoms. The summed E-state index contributed by atoms with van der Waals surface area (Å²) in [6.45, 7) is 4.85. The normalized spacial score (nSPS) is 18.9. The third kappa shape index (κ3) is 3.60. The summed E-state index contributed by atoms with van der Waals surface area (Å²) in [4.78, 5) is 0. The molecule has 1 heterocycles. The molecular weight excluding hydrogens is 245 g/mol. The molecule has 1 N–H and O–H groups in total. The molecule has 1 fully saturated rings. The van der Waals surface area contributed by atoms with Crippen molar-refractivity contribution in [3.05, 3.63) is 23.5 Å². The predicted octanol–water partition coefficient (Wildman–Crippen LogP) is 2.92. The van der Waals surface area contributed by atoms with Crippen molar-refractivity contribution in [3.8, 4) is 11.5 Å². The van der Waals surface area contributed by atoms with Crippen LogP contribution in [-0.2, 0) is 6.42 Å². The van der Waals surface area contributed by atoms with Crippen LogP contribution in [0.4, 0.5) is 4.39 Å². The summed E-state index contributed by atoms with van der Waals surface area (Å²) in [5.74, 6) is 0.853. The number of benzene rings is 1. The summed E-state index contributed by atoms with van der Waals surface area (Å²) in [6.07, 6.45) is 2.96. The topological polar surface area (TPSA) is 30.5 Å². The molecule has 2 rings (SSSR count). The number of hydrogen-bond donors (Lipinski definition) is 1. The van der Waals surface area contributed by atoms with Crippen LogP contribution in [0.25, 0.3) is 0 Å². The second-order valence-corrected chi connectivity index (χ2v) is 5.26. The molecule has 106 valence electrons. The molecule has 0 aromatic heterocycles. The predicted molar refractivity (Wildman–Crippen MR) is 73.4 cm³/mol. The van der Waals surface area contributed by atoms with E-state index in [9.17, 15) is 4.39 Å². The van der Waals surface area contributed by atoms with Gasteiger partial charge in [0.25, 0.3) is 0 Å². The van der Waals surface area contributed by atoms with E-state index in [0.717, 1.165) is 19.4 Å². The number of rotatable bonds is 5. The fourth-order valence-corrected chi connectivity index (χ4v) is 2.44. The molecule has 3 nitrogen and oxygen atoms in total. The molecule has 1 saturated heterocycles. The van der Waals surface area contributed by atoms with Gasteiger partial charge in [0.05, 0.1) is 13.2 Å². The van der Waals surface area contributed by atoms with Gasteiger partial charge >= 0.3 is 0 Å². The molecule has 1 aliphatic rings. The molecule has 0 aliphatic carbocycles. The standard InChI is InChI=1S/C15H22FNO2/c1-10(2)19-15-9-13(16)11(8-14(15)18-3)7-12-5-4-6-17-12/h8-10,12,17H,4-7H2,1-3H3. The Morgan fingerprint density at radius 2 is 2.16 bits per heavy atom. The molecule has 0 amide bonds. The van der Waals surface area contributed by atoms with Crippen molar-refractivity contribution in [1.82, 2.24) is 5.32 Å². The Morgan fingerprint density at radius 1 is 1.37 bits per heavy atom. The van der Waals surface area contributed by atoms with Gasteiger partial charge in [0, 0.05) is 12.1 Å². The van der Waals surface area contributed by atoms with Gasteiger partial charge in [-0.3, -0.25) is 0 Å². The first-order chi connectivity index (χ1) is 9.10. The molecule has 1 aromatic rings. The molecule has 0 spiro atoms. The third-order valence-corrected chi connectivity index (χ3v) is 3.32. The van der Waals surface area contributed by atoms with Gasteiger partial charge in [0.15, 0.2) is 11.5 Å². The van der Waals surface area contributed by atoms with Crippen molar-refractivity contribution in [2.45, 2.75) is 45.3 Å². The van der Waals surface area contributed by atoms with Crippen LogP contribution in [0.3, 0.4) is 0 Å². The van der Waals surface area contributed by atoms with Crippen molar-refractivity contribution < 1.29 is 13.9 Å². The van der Waals surface area contributed by atoms with Crippen molar-refractivity contribution in [1.29, 1.82) is 0 Å². The van der Waals surface area contributed by atoms with Crippen molar-refractivity contribution in [3.63, 3.8) is 0 Å². The Balaban J connectivity index is 2.19. The number of ether oxygens (including phenoxy) is 2. The zero-order chi connectivity index (χ0) is 13.8. The van der Waals surface area contributed by atoms with Crippen LogP contribution in [0.2, 0.25) is 0 Å². The average Bonchev–Trinajstić information content (AvgIpc) is 2.84. The van der Waals surface area contributed by atoms with E-state index in [1.165, 1.54) is 6.07 Å². The highest BCUT2D eigenvalue weighted by molar-refractivity contribution is 5.44. The summed E-state index contributed by atoms with van der Waals surface area (Å²) >= 11 is 0. The van der Waals surface area contributed by atoms with Gasteiger partial charge in [-0.2, -0.15) is 0 Å². The lowest BCUT2D eigenvalue weighted by atomic mass is 10.0. The lowest BCUT2D eigenvalue weighted by molar-refractivity contribution is 0.228. The van der Waals surface area contributed by atoms with Gasteiger partial charge < -0.3 is 14.8 Å². The summed E-state index contributed by atoms with van der Waals surface area (Å²) in [7, 11) is 1.58. The Labute approximate surface area is 114 Å². The van der Waals surface area contributed by atoms with Crippen LogP contribution in [-0.4, -0.2) is 25.8 Å². The maximum atomic E-state index is 14.1. The average molecular weight is 267 g/mol. The molecule has 19 heavy (non-hydrogen) atoms. The van der Waals surface area contributed by atoms with E-state index >= 15 is 0 Å². The molecule has 1 atom stereocenters. The maximum absolute atomic E-state index is 14.1. The number of hydrogen-bond acceptors (Lipinski definition) is 3. The second kappa shape index (κ2) is 6.24. The first kappa shape index (κ1) is 14.1. The zero-order valence-electron chi connectivity index (χ0n) is 11.8. The van der Waals surface area contributed by atoms with E-state index in [1.807, 2.05) is 13.8 Å². The van der Waals surface area contributed by atoms with Crippen LogP contribution >= 0.6 is 0 Å². The fraction of sp³-hybridized carbons (Fsp3) is 0.600. The fourth-order valence-electron chi connectivity index (χ4n) is 2.44. The van der Waals surface area contributed by atoms with E-state index in [0.29, 0.717) is 29.5 Å². The molecule has 4 heteroatoms. The molecule has 1 aromatic carbocycles. The number of halogens is 1. The van der Waals surface area contributed by atoms with E-state index in [2.05, 4.69) is 5.32 Å². The van der Waals surface area contributed by atoms with Crippen molar-refractivity contribution >= 4 is 0 Å². The molecule has 0 saturated carbocycles. The van der Waals surface area contributed by atoms with Crippen LogP contribution in [0.5, 0.6) is 11.5 Å². The van der Waals surface area contributed by atoms with Crippen molar-refractivity contribution in [2.24, 2.45) is 0 Å². The molecule has 1 unspecified atom stereocenters. The molecule has 0 radical (unpaired) electrons. The van der Waals surface area contributed by atoms with E-state index in [4.69, 9.17) is 9.47 Å². The smallest absolute Gasteiger partial charge is 0.164 e. The minimum absolute atomic E-state index is 0.00403. The Hall–Kier alpha value is -1.29. The largest absolute Gasteiger partial charge is 0.493 e. The SMILES string of the molecule is COc1cc(CC2CCCN2)c(F)cc1OC(C)C. The maximum Gasteiger partial charge on any atom is 0.164 e. The molecular formula is C15H22FNO2. The summed E-state index contributed by atoms with van der Waals surface area (Å²) in [5, 5.41) is 3.38. The van der Waals surface area contributed by atoms with Crippen LogP contribution in [0, 0.1) is 5.82 Å². The summed E-state index contributed by atoms with van der Waals surface area (Å²) in [5.41, 5.74) is 0.687. The minimum Gasteiger partial charge on any atom is -0.493 e. The highest BCUT2D eigenvalue weighted by Crippen LogP contribution is 2.32. The first-order valence-corrected chi connectivity index (χ1v) is 6.86. The highest BCUT2D eigenvalue weighted by atomic mass is 19.1. The minimum atomic E-state index is -0.217. The summed E-state index contributed by atoms with van der Waals surface area (Å²) < 4.78 is 25.0. The van der Waals surface area contributed by atoms with Crippen LogP contribution < -0.4 is 14.8 Å². The van der Waals surface area contributed by atoms with Crippen LogP contribution in [0.15, 0.2) is 12.1 Å². The Morgan fingerprint density at radius 3 is 2.74 bits per heavy atom. The number of methoxy groups -OCH3 is 1. The van der Waals surface area contributed by atoms with Gasteiger partial charge in [0.1, 0.15) is 5.82 Å². The Kier molecular flexibility index (Phi) is 4.64. The lowest BCUT2D eigenvalue weighted by Crippen LogP contribution is -2.24. The van der Waals surface area contributed by atoms with E-state index in [1.54, 1.807) is 13.2 Å². The van der Waals surface area contributed by atoms with Gasteiger partial charge in [0.2, 0.25) is 0 Å². The molecule has 1 aliphatic heterocycles. The van der Waals surface area contributed by atoms with Gasteiger partial charge in [-0.25, -0.2) is 4.39 Å². The van der Waals surface area contributed by atoms with E-state index in [-0.39, 0.29) is 11.9 Å². The Bertz CT molecular complexity index is 428. The quantitative estimate of drug-likeness (QED) is 0.889. The third-order valence-electron chi connectivity index (χ3n) is 3.32. The zero-order valence-corrected chi connectivity index (χ0v) is 11.8. The summed E-state index contributed by atoms with van der Waals surface area (Å²) in [6, 6.07) is 3.56. The first-order valence-electron chi connectivity index (χ1n) is 6.86. The van der Waals surface area contributed by atoms with E-state index < -0.39 is 0 Å². The number of nitrogens with one attached hydrogen (secondary N) is 1. The van der Waals surface area contributed by atoms with Crippen molar-refractivity contribution in [2.75, 3.05) is 13.7 Å². The van der Waals surface area contributed by atoms with Gasteiger partial charge in [-0.1, -0.05) is 0 Å². The van der Waals surface area contributed by atoms with Gasteiger partial charge in [-0.15, -0.1) is 0 Å².